The summed E-state index contributed by atoms with van der Waals surface area (Å²) in [5.41, 5.74) is 5.34. The highest BCUT2D eigenvalue weighted by atomic mass is 32.2. The molecule has 0 spiro atoms. The zero-order valence-corrected chi connectivity index (χ0v) is 15.8. The Kier molecular flexibility index (Phi) is 5.24. The van der Waals surface area contributed by atoms with Crippen molar-refractivity contribution in [3.63, 3.8) is 0 Å². The van der Waals surface area contributed by atoms with E-state index in [2.05, 4.69) is 16.4 Å². The van der Waals surface area contributed by atoms with Crippen molar-refractivity contribution < 1.29 is 4.79 Å². The first-order valence-corrected chi connectivity index (χ1v) is 9.27. The maximum absolute atomic E-state index is 12.3. The van der Waals surface area contributed by atoms with Gasteiger partial charge in [-0.15, -0.1) is 0 Å². The third-order valence-corrected chi connectivity index (χ3v) is 5.24. The number of hydrogen-bond donors (Lipinski definition) is 1. The molecule has 1 aromatic heterocycles. The molecule has 0 bridgehead atoms. The van der Waals surface area contributed by atoms with Crippen molar-refractivity contribution in [1.82, 2.24) is 4.98 Å². The van der Waals surface area contributed by atoms with E-state index >= 15 is 0 Å². The number of rotatable bonds is 4. The smallest absolute Gasteiger partial charge is 0.234 e. The fourth-order valence-electron chi connectivity index (χ4n) is 2.74. The summed E-state index contributed by atoms with van der Waals surface area (Å²) in [4.78, 5) is 16.9. The van der Waals surface area contributed by atoms with E-state index in [0.717, 1.165) is 33.3 Å². The van der Waals surface area contributed by atoms with E-state index in [4.69, 9.17) is 0 Å². The van der Waals surface area contributed by atoms with Gasteiger partial charge in [-0.1, -0.05) is 42.1 Å². The molecule has 3 rings (SSSR count). The van der Waals surface area contributed by atoms with Crippen LogP contribution in [0.2, 0.25) is 0 Å². The first kappa shape index (κ1) is 18.0. The Morgan fingerprint density at radius 1 is 1.12 bits per heavy atom. The van der Waals surface area contributed by atoms with Crippen molar-refractivity contribution in [3.8, 4) is 6.07 Å². The molecule has 0 saturated heterocycles. The van der Waals surface area contributed by atoms with E-state index in [-0.39, 0.29) is 11.7 Å². The first-order valence-electron chi connectivity index (χ1n) is 8.29. The summed E-state index contributed by atoms with van der Waals surface area (Å²) in [5, 5.41) is 13.9. The molecule has 2 aromatic carbocycles. The number of thioether (sulfide) groups is 1. The van der Waals surface area contributed by atoms with Gasteiger partial charge in [-0.25, -0.2) is 4.98 Å². The lowest BCUT2D eigenvalue weighted by molar-refractivity contribution is -0.113. The number of anilines is 1. The van der Waals surface area contributed by atoms with Gasteiger partial charge in [0.25, 0.3) is 0 Å². The van der Waals surface area contributed by atoms with Crippen molar-refractivity contribution in [2.24, 2.45) is 0 Å². The van der Waals surface area contributed by atoms with Gasteiger partial charge in [-0.2, -0.15) is 5.26 Å². The van der Waals surface area contributed by atoms with Gasteiger partial charge in [0.15, 0.2) is 0 Å². The molecule has 130 valence electrons. The largest absolute Gasteiger partial charge is 0.325 e. The van der Waals surface area contributed by atoms with E-state index in [1.54, 1.807) is 0 Å². The number of carbonyl (C=O) groups is 1. The Labute approximate surface area is 157 Å². The van der Waals surface area contributed by atoms with Crippen molar-refractivity contribution in [1.29, 1.82) is 5.26 Å². The third kappa shape index (κ3) is 3.71. The van der Waals surface area contributed by atoms with Crippen LogP contribution in [0.15, 0.2) is 47.5 Å². The lowest BCUT2D eigenvalue weighted by atomic mass is 10.0. The average molecular weight is 361 g/mol. The van der Waals surface area contributed by atoms with E-state index in [1.165, 1.54) is 11.8 Å². The number of nitrogens with zero attached hydrogens (tertiary/aromatic N) is 2. The fourth-order valence-corrected chi connectivity index (χ4v) is 3.50. The minimum Gasteiger partial charge on any atom is -0.325 e. The molecule has 0 aliphatic rings. The second-order valence-electron chi connectivity index (χ2n) is 6.20. The molecule has 0 aliphatic carbocycles. The molecule has 3 aromatic rings. The van der Waals surface area contributed by atoms with E-state index in [1.807, 2.05) is 63.2 Å². The fraction of sp³-hybridized carbons (Fsp3) is 0.190. The molecular formula is C21H19N3OS. The molecule has 0 radical (unpaired) electrons. The molecule has 0 atom stereocenters. The standard InChI is InChI=1S/C21H19N3OS/c1-13-8-9-15(3)20-17(13)10-16(11-22)21(24-20)26-12-19(25)23-18-7-5-4-6-14(18)2/h4-10H,12H2,1-3H3,(H,23,25). The summed E-state index contributed by atoms with van der Waals surface area (Å²) in [6.07, 6.45) is 0. The number of aryl methyl sites for hydroxylation is 3. The Morgan fingerprint density at radius 2 is 1.85 bits per heavy atom. The Bertz CT molecular complexity index is 1040. The van der Waals surface area contributed by atoms with Crippen LogP contribution in [-0.2, 0) is 4.79 Å². The van der Waals surface area contributed by atoms with Crippen LogP contribution in [0.4, 0.5) is 5.69 Å². The lowest BCUT2D eigenvalue weighted by Crippen LogP contribution is -2.15. The quantitative estimate of drug-likeness (QED) is 0.680. The number of para-hydroxylation sites is 1. The van der Waals surface area contributed by atoms with Crippen LogP contribution < -0.4 is 5.32 Å². The van der Waals surface area contributed by atoms with Gasteiger partial charge >= 0.3 is 0 Å². The maximum atomic E-state index is 12.3. The number of amides is 1. The van der Waals surface area contributed by atoms with Gasteiger partial charge in [0.05, 0.1) is 16.8 Å². The van der Waals surface area contributed by atoms with Gasteiger partial charge in [-0.05, 0) is 49.6 Å². The number of nitriles is 1. The van der Waals surface area contributed by atoms with Gasteiger partial charge in [0.2, 0.25) is 5.91 Å². The zero-order valence-electron chi connectivity index (χ0n) is 15.0. The van der Waals surface area contributed by atoms with Gasteiger partial charge in [-0.3, -0.25) is 4.79 Å². The summed E-state index contributed by atoms with van der Waals surface area (Å²) in [5.74, 6) is 0.0860. The predicted octanol–water partition coefficient (Wildman–Crippen LogP) is 4.76. The summed E-state index contributed by atoms with van der Waals surface area (Å²) >= 11 is 1.29. The summed E-state index contributed by atoms with van der Waals surface area (Å²) < 4.78 is 0. The molecule has 1 amide bonds. The molecule has 4 nitrogen and oxygen atoms in total. The Balaban J connectivity index is 1.82. The molecule has 0 unspecified atom stereocenters. The number of pyridine rings is 1. The molecule has 1 heterocycles. The van der Waals surface area contributed by atoms with Crippen LogP contribution in [0.25, 0.3) is 10.9 Å². The van der Waals surface area contributed by atoms with Gasteiger partial charge in [0, 0.05) is 11.1 Å². The van der Waals surface area contributed by atoms with E-state index < -0.39 is 0 Å². The van der Waals surface area contributed by atoms with Crippen LogP contribution in [0.1, 0.15) is 22.3 Å². The summed E-state index contributed by atoms with van der Waals surface area (Å²) in [7, 11) is 0. The predicted molar refractivity (Wildman–Crippen MR) is 106 cm³/mol. The molecule has 26 heavy (non-hydrogen) atoms. The Morgan fingerprint density at radius 3 is 2.58 bits per heavy atom. The zero-order chi connectivity index (χ0) is 18.7. The third-order valence-electron chi connectivity index (χ3n) is 4.25. The molecule has 0 saturated carbocycles. The number of benzene rings is 2. The second-order valence-corrected chi connectivity index (χ2v) is 7.16. The minimum absolute atomic E-state index is 0.115. The van der Waals surface area contributed by atoms with Crippen molar-refractivity contribution in [3.05, 3.63) is 64.7 Å². The van der Waals surface area contributed by atoms with Crippen LogP contribution >= 0.6 is 11.8 Å². The van der Waals surface area contributed by atoms with Crippen LogP contribution in [0, 0.1) is 32.1 Å². The highest BCUT2D eigenvalue weighted by molar-refractivity contribution is 8.00. The SMILES string of the molecule is Cc1ccccc1NC(=O)CSc1nc2c(C)ccc(C)c2cc1C#N. The number of hydrogen-bond acceptors (Lipinski definition) is 4. The van der Waals surface area contributed by atoms with Crippen molar-refractivity contribution in [2.75, 3.05) is 11.1 Å². The first-order chi connectivity index (χ1) is 12.5. The second kappa shape index (κ2) is 7.59. The Hall–Kier alpha value is -2.84. The molecule has 0 fully saturated rings. The molecular weight excluding hydrogens is 342 g/mol. The molecule has 5 heteroatoms. The van der Waals surface area contributed by atoms with Crippen LogP contribution in [0.3, 0.4) is 0 Å². The van der Waals surface area contributed by atoms with E-state index in [0.29, 0.717) is 10.6 Å². The number of fused-ring (bicyclic) bond motifs is 1. The van der Waals surface area contributed by atoms with Gasteiger partial charge < -0.3 is 5.32 Å². The molecule has 1 N–H and O–H groups in total. The topological polar surface area (TPSA) is 65.8 Å². The van der Waals surface area contributed by atoms with Crippen molar-refractivity contribution in [2.45, 2.75) is 25.8 Å². The van der Waals surface area contributed by atoms with Crippen molar-refractivity contribution >= 4 is 34.3 Å². The molecule has 0 aliphatic heterocycles. The maximum Gasteiger partial charge on any atom is 0.234 e. The summed E-state index contributed by atoms with van der Waals surface area (Å²) in [6, 6.07) is 15.8. The highest BCUT2D eigenvalue weighted by Crippen LogP contribution is 2.28. The number of nitrogens with one attached hydrogen (secondary N) is 1. The summed E-state index contributed by atoms with van der Waals surface area (Å²) in [6.45, 7) is 5.96. The van der Waals surface area contributed by atoms with Crippen LogP contribution in [-0.4, -0.2) is 16.6 Å². The van der Waals surface area contributed by atoms with E-state index in [9.17, 15) is 10.1 Å². The monoisotopic (exact) mass is 361 g/mol. The number of carbonyl (C=O) groups excluding carboxylic acids is 1. The average Bonchev–Trinajstić information content (AvgIpc) is 2.64. The lowest BCUT2D eigenvalue weighted by Gasteiger charge is -2.10. The highest BCUT2D eigenvalue weighted by Gasteiger charge is 2.13. The van der Waals surface area contributed by atoms with Crippen LogP contribution in [0.5, 0.6) is 0 Å². The number of aromatic nitrogens is 1. The minimum atomic E-state index is -0.115. The van der Waals surface area contributed by atoms with Gasteiger partial charge in [0.1, 0.15) is 11.1 Å². The normalized spacial score (nSPS) is 10.5.